The van der Waals surface area contributed by atoms with Gasteiger partial charge in [0, 0.05) is 6.04 Å². The predicted octanol–water partition coefficient (Wildman–Crippen LogP) is 1.97. The van der Waals surface area contributed by atoms with Crippen molar-refractivity contribution in [1.29, 1.82) is 0 Å². The van der Waals surface area contributed by atoms with Crippen molar-refractivity contribution in [3.63, 3.8) is 0 Å². The Balaban J connectivity index is 2.33. The van der Waals surface area contributed by atoms with Gasteiger partial charge in [0.1, 0.15) is 0 Å². The molecule has 1 aliphatic carbocycles. The van der Waals surface area contributed by atoms with Crippen LogP contribution in [-0.4, -0.2) is 18.0 Å². The fourth-order valence-corrected chi connectivity index (χ4v) is 2.14. The molecule has 1 rings (SSSR count). The summed E-state index contributed by atoms with van der Waals surface area (Å²) in [6.45, 7) is 8.16. The highest BCUT2D eigenvalue weighted by molar-refractivity contribution is 5.81. The predicted molar refractivity (Wildman–Crippen MR) is 67.0 cm³/mol. The number of hydrogen-bond acceptors (Lipinski definition) is 2. The Hall–Kier alpha value is -0.830. The van der Waals surface area contributed by atoms with Crippen molar-refractivity contribution < 1.29 is 4.79 Å². The molecule has 1 saturated carbocycles. The van der Waals surface area contributed by atoms with Gasteiger partial charge in [-0.3, -0.25) is 4.79 Å². The van der Waals surface area contributed by atoms with Crippen LogP contribution in [0.25, 0.3) is 0 Å². The van der Waals surface area contributed by atoms with E-state index in [9.17, 15) is 4.79 Å². The zero-order valence-corrected chi connectivity index (χ0v) is 10.5. The molecule has 0 heterocycles. The van der Waals surface area contributed by atoms with E-state index in [4.69, 9.17) is 5.73 Å². The van der Waals surface area contributed by atoms with Crippen molar-refractivity contribution in [2.75, 3.05) is 0 Å². The molecule has 0 saturated heterocycles. The highest BCUT2D eigenvalue weighted by Gasteiger charge is 2.28. The van der Waals surface area contributed by atoms with E-state index in [1.54, 1.807) is 6.08 Å². The summed E-state index contributed by atoms with van der Waals surface area (Å²) in [6.07, 6.45) is 6.72. The van der Waals surface area contributed by atoms with E-state index >= 15 is 0 Å². The van der Waals surface area contributed by atoms with Gasteiger partial charge in [-0.2, -0.15) is 0 Å². The van der Waals surface area contributed by atoms with Crippen LogP contribution in [0, 0.1) is 5.41 Å². The molecule has 1 fully saturated rings. The molecule has 0 radical (unpaired) electrons. The summed E-state index contributed by atoms with van der Waals surface area (Å²) in [7, 11) is 0. The van der Waals surface area contributed by atoms with Crippen LogP contribution < -0.4 is 11.1 Å². The summed E-state index contributed by atoms with van der Waals surface area (Å²) in [6, 6.07) is -0.121. The van der Waals surface area contributed by atoms with E-state index in [1.807, 2.05) is 0 Å². The SMILES string of the molecule is C=CCC(N)C(=O)NC1CCC(C)(C)CC1. The van der Waals surface area contributed by atoms with Crippen molar-refractivity contribution in [3.8, 4) is 0 Å². The molecule has 0 aliphatic heterocycles. The van der Waals surface area contributed by atoms with Gasteiger partial charge in [0.15, 0.2) is 0 Å². The first-order valence-corrected chi connectivity index (χ1v) is 6.11. The molecule has 0 aromatic heterocycles. The average molecular weight is 224 g/mol. The van der Waals surface area contributed by atoms with Gasteiger partial charge in [0.05, 0.1) is 6.04 Å². The molecule has 0 aromatic rings. The Morgan fingerprint density at radius 2 is 2.12 bits per heavy atom. The summed E-state index contributed by atoms with van der Waals surface area (Å²) in [5, 5.41) is 3.03. The van der Waals surface area contributed by atoms with Gasteiger partial charge in [-0.15, -0.1) is 6.58 Å². The normalized spacial score (nSPS) is 22.4. The zero-order valence-electron chi connectivity index (χ0n) is 10.5. The Labute approximate surface area is 98.5 Å². The lowest BCUT2D eigenvalue weighted by Crippen LogP contribution is -2.46. The first-order chi connectivity index (χ1) is 7.44. The van der Waals surface area contributed by atoms with Crippen LogP contribution in [-0.2, 0) is 4.79 Å². The number of nitrogens with two attached hydrogens (primary N) is 1. The van der Waals surface area contributed by atoms with E-state index in [-0.39, 0.29) is 5.91 Å². The van der Waals surface area contributed by atoms with Gasteiger partial charge < -0.3 is 11.1 Å². The van der Waals surface area contributed by atoms with Gasteiger partial charge in [-0.25, -0.2) is 0 Å². The number of hydrogen-bond donors (Lipinski definition) is 2. The second-order valence-electron chi connectivity index (χ2n) is 5.58. The summed E-state index contributed by atoms with van der Waals surface area (Å²) in [5.41, 5.74) is 6.15. The summed E-state index contributed by atoms with van der Waals surface area (Å²) < 4.78 is 0. The maximum Gasteiger partial charge on any atom is 0.237 e. The molecule has 3 nitrogen and oxygen atoms in total. The molecule has 1 aliphatic rings. The van der Waals surface area contributed by atoms with Gasteiger partial charge in [-0.05, 0) is 37.5 Å². The van der Waals surface area contributed by atoms with Gasteiger partial charge in [0.25, 0.3) is 0 Å². The van der Waals surface area contributed by atoms with E-state index < -0.39 is 6.04 Å². The molecule has 0 spiro atoms. The highest BCUT2D eigenvalue weighted by atomic mass is 16.2. The quantitative estimate of drug-likeness (QED) is 0.717. The van der Waals surface area contributed by atoms with Gasteiger partial charge in [-0.1, -0.05) is 19.9 Å². The molecule has 3 heteroatoms. The first kappa shape index (κ1) is 13.2. The largest absolute Gasteiger partial charge is 0.352 e. The molecule has 92 valence electrons. The van der Waals surface area contributed by atoms with E-state index in [0.717, 1.165) is 12.8 Å². The fourth-order valence-electron chi connectivity index (χ4n) is 2.14. The monoisotopic (exact) mass is 224 g/mol. The number of rotatable bonds is 4. The Kier molecular flexibility index (Phi) is 4.54. The Morgan fingerprint density at radius 1 is 1.56 bits per heavy atom. The zero-order chi connectivity index (χ0) is 12.2. The minimum absolute atomic E-state index is 0.0374. The summed E-state index contributed by atoms with van der Waals surface area (Å²) in [5.74, 6) is -0.0374. The van der Waals surface area contributed by atoms with Crippen molar-refractivity contribution >= 4 is 5.91 Å². The van der Waals surface area contributed by atoms with Crippen LogP contribution in [0.2, 0.25) is 0 Å². The standard InChI is InChI=1S/C13H24N2O/c1-4-5-11(14)12(16)15-10-6-8-13(2,3)9-7-10/h4,10-11H,1,5-9,14H2,2-3H3,(H,15,16). The van der Waals surface area contributed by atoms with Crippen molar-refractivity contribution in [1.82, 2.24) is 5.32 Å². The highest BCUT2D eigenvalue weighted by Crippen LogP contribution is 2.34. The van der Waals surface area contributed by atoms with E-state index in [2.05, 4.69) is 25.7 Å². The second-order valence-corrected chi connectivity index (χ2v) is 5.58. The molecule has 1 unspecified atom stereocenters. The topological polar surface area (TPSA) is 55.1 Å². The third kappa shape index (κ3) is 3.97. The van der Waals surface area contributed by atoms with Crippen molar-refractivity contribution in [2.45, 2.75) is 58.0 Å². The van der Waals surface area contributed by atoms with Crippen LogP contribution in [0.5, 0.6) is 0 Å². The number of amides is 1. The Morgan fingerprint density at radius 3 is 2.62 bits per heavy atom. The van der Waals surface area contributed by atoms with Crippen molar-refractivity contribution in [3.05, 3.63) is 12.7 Å². The van der Waals surface area contributed by atoms with Gasteiger partial charge >= 0.3 is 0 Å². The lowest BCUT2D eigenvalue weighted by molar-refractivity contribution is -0.123. The number of nitrogens with one attached hydrogen (secondary N) is 1. The van der Waals surface area contributed by atoms with Crippen LogP contribution in [0.4, 0.5) is 0 Å². The minimum atomic E-state index is -0.438. The molecular formula is C13H24N2O. The average Bonchev–Trinajstić information content (AvgIpc) is 2.21. The van der Waals surface area contributed by atoms with Crippen LogP contribution >= 0.6 is 0 Å². The van der Waals surface area contributed by atoms with Crippen LogP contribution in [0.1, 0.15) is 46.0 Å². The lowest BCUT2D eigenvalue weighted by atomic mass is 9.75. The maximum atomic E-state index is 11.7. The molecule has 1 amide bonds. The molecule has 0 bridgehead atoms. The molecule has 1 atom stereocenters. The number of carbonyl (C=O) groups is 1. The third-order valence-electron chi connectivity index (χ3n) is 3.44. The van der Waals surface area contributed by atoms with E-state index in [0.29, 0.717) is 17.9 Å². The summed E-state index contributed by atoms with van der Waals surface area (Å²) in [4.78, 5) is 11.7. The van der Waals surface area contributed by atoms with Crippen molar-refractivity contribution in [2.24, 2.45) is 11.1 Å². The number of carbonyl (C=O) groups excluding carboxylic acids is 1. The molecule has 16 heavy (non-hydrogen) atoms. The van der Waals surface area contributed by atoms with Gasteiger partial charge in [0.2, 0.25) is 5.91 Å². The molecule has 3 N–H and O–H groups in total. The summed E-state index contributed by atoms with van der Waals surface area (Å²) >= 11 is 0. The van der Waals surface area contributed by atoms with Crippen LogP contribution in [0.3, 0.4) is 0 Å². The minimum Gasteiger partial charge on any atom is -0.352 e. The van der Waals surface area contributed by atoms with Crippen LogP contribution in [0.15, 0.2) is 12.7 Å². The molecule has 0 aromatic carbocycles. The maximum absolute atomic E-state index is 11.7. The second kappa shape index (κ2) is 5.48. The van der Waals surface area contributed by atoms with E-state index in [1.165, 1.54) is 12.8 Å². The third-order valence-corrected chi connectivity index (χ3v) is 3.44. The lowest BCUT2D eigenvalue weighted by Gasteiger charge is -2.34. The first-order valence-electron chi connectivity index (χ1n) is 6.11. The smallest absolute Gasteiger partial charge is 0.237 e. The Bertz CT molecular complexity index is 251. The molecular weight excluding hydrogens is 200 g/mol. The fraction of sp³-hybridized carbons (Fsp3) is 0.769.